The monoisotopic (exact) mass is 489 g/mol. The zero-order chi connectivity index (χ0) is 25.4. The fourth-order valence-corrected chi connectivity index (χ4v) is 4.56. The van der Waals surface area contributed by atoms with Crippen molar-refractivity contribution in [3.05, 3.63) is 59.9 Å². The molecule has 186 valence electrons. The van der Waals surface area contributed by atoms with Crippen LogP contribution in [0.3, 0.4) is 0 Å². The predicted octanol–water partition coefficient (Wildman–Crippen LogP) is 3.36. The van der Waals surface area contributed by atoms with Gasteiger partial charge in [-0.1, -0.05) is 12.1 Å². The number of rotatable bonds is 4. The summed E-state index contributed by atoms with van der Waals surface area (Å²) in [6.45, 7) is 3.70. The lowest BCUT2D eigenvalue weighted by Gasteiger charge is -2.48. The number of aromatic nitrogens is 1. The van der Waals surface area contributed by atoms with Crippen molar-refractivity contribution < 1.29 is 27.6 Å². The highest BCUT2D eigenvalue weighted by Crippen LogP contribution is 2.36. The van der Waals surface area contributed by atoms with E-state index in [-0.39, 0.29) is 50.5 Å². The summed E-state index contributed by atoms with van der Waals surface area (Å²) >= 11 is 0. The van der Waals surface area contributed by atoms with Gasteiger partial charge in [-0.2, -0.15) is 13.2 Å². The maximum atomic E-state index is 13.7. The van der Waals surface area contributed by atoms with Crippen molar-refractivity contribution in [2.75, 3.05) is 25.0 Å². The molecule has 35 heavy (non-hydrogen) atoms. The second kappa shape index (κ2) is 9.20. The predicted molar refractivity (Wildman–Crippen MR) is 121 cm³/mol. The molecule has 0 bridgehead atoms. The van der Waals surface area contributed by atoms with Crippen LogP contribution in [0.4, 0.5) is 23.7 Å². The van der Waals surface area contributed by atoms with E-state index in [0.717, 1.165) is 12.1 Å². The molecule has 1 N–H and O–H groups in total. The lowest BCUT2D eigenvalue weighted by molar-refractivity contribution is -0.166. The Labute approximate surface area is 200 Å². The number of pyridine rings is 1. The van der Waals surface area contributed by atoms with Gasteiger partial charge in [0, 0.05) is 37.2 Å². The number of piperazine rings is 1. The van der Waals surface area contributed by atoms with E-state index in [1.54, 1.807) is 12.1 Å². The summed E-state index contributed by atoms with van der Waals surface area (Å²) in [6.07, 6.45) is -1.17. The molecule has 4 amide bonds. The lowest BCUT2D eigenvalue weighted by Crippen LogP contribution is -2.69. The van der Waals surface area contributed by atoms with E-state index >= 15 is 0 Å². The van der Waals surface area contributed by atoms with E-state index in [1.807, 2.05) is 13.8 Å². The Balaban J connectivity index is 1.60. The first kappa shape index (κ1) is 24.5. The maximum absolute atomic E-state index is 13.7. The number of nitrogens with one attached hydrogen (secondary N) is 1. The fraction of sp³-hybridized carbons (Fsp3) is 0.417. The third-order valence-electron chi connectivity index (χ3n) is 6.49. The Bertz CT molecular complexity index is 1110. The molecule has 2 aromatic rings. The Kier molecular flexibility index (Phi) is 6.44. The summed E-state index contributed by atoms with van der Waals surface area (Å²) in [4.78, 5) is 48.1. The average Bonchev–Trinajstić information content (AvgIpc) is 3.26. The quantitative estimate of drug-likeness (QED) is 0.714. The summed E-state index contributed by atoms with van der Waals surface area (Å²) in [5.74, 6) is -0.576. The molecule has 1 atom stereocenters. The number of urea groups is 1. The van der Waals surface area contributed by atoms with Crippen molar-refractivity contribution in [2.24, 2.45) is 0 Å². The van der Waals surface area contributed by atoms with Crippen molar-refractivity contribution in [3.63, 3.8) is 0 Å². The first-order valence-electron chi connectivity index (χ1n) is 11.2. The average molecular weight is 489 g/mol. The molecule has 1 aromatic carbocycles. The van der Waals surface area contributed by atoms with E-state index in [9.17, 15) is 27.6 Å². The minimum absolute atomic E-state index is 0.0155. The highest BCUT2D eigenvalue weighted by atomic mass is 19.4. The molecule has 1 aromatic heterocycles. The van der Waals surface area contributed by atoms with Crippen molar-refractivity contribution >= 4 is 23.5 Å². The number of nitrogens with zero attached hydrogens (tertiary/aromatic N) is 4. The standard InChI is InChI=1S/C24H26F3N5O3/c1-16(2)31-14-20(33)32(13-17-3-5-18(6-4-17)24(25,26)27)23(21(31)34)9-12-30(15-23)22(35)29-19-7-10-28-11-8-19/h3-8,10-11,16H,9,12-15H2,1-2H3,(H,28,29,35). The molecule has 0 radical (unpaired) electrons. The molecule has 2 aliphatic rings. The molecule has 2 fully saturated rings. The van der Waals surface area contributed by atoms with Gasteiger partial charge in [-0.05, 0) is 50.1 Å². The number of amides is 4. The van der Waals surface area contributed by atoms with Gasteiger partial charge in [0.1, 0.15) is 12.1 Å². The number of likely N-dealkylation sites (tertiary alicyclic amines) is 1. The van der Waals surface area contributed by atoms with Crippen LogP contribution in [-0.2, 0) is 22.3 Å². The SMILES string of the molecule is CC(C)N1CC(=O)N(Cc2ccc(C(F)(F)F)cc2)C2(CCN(C(=O)Nc3ccncc3)C2)C1=O. The van der Waals surface area contributed by atoms with Gasteiger partial charge in [-0.15, -0.1) is 0 Å². The summed E-state index contributed by atoms with van der Waals surface area (Å²) < 4.78 is 38.9. The van der Waals surface area contributed by atoms with Gasteiger partial charge in [0.25, 0.3) is 5.91 Å². The number of carbonyl (C=O) groups excluding carboxylic acids is 3. The van der Waals surface area contributed by atoms with E-state index in [1.165, 1.54) is 39.2 Å². The first-order chi connectivity index (χ1) is 16.5. The van der Waals surface area contributed by atoms with E-state index in [4.69, 9.17) is 0 Å². The fourth-order valence-electron chi connectivity index (χ4n) is 4.56. The van der Waals surface area contributed by atoms with Crippen LogP contribution in [0.25, 0.3) is 0 Å². The molecule has 0 aliphatic carbocycles. The molecule has 8 nitrogen and oxygen atoms in total. The number of alkyl halides is 3. The van der Waals surface area contributed by atoms with Crippen molar-refractivity contribution in [1.82, 2.24) is 19.7 Å². The molecule has 1 unspecified atom stereocenters. The van der Waals surface area contributed by atoms with Crippen molar-refractivity contribution in [2.45, 2.75) is 44.6 Å². The second-order valence-corrected chi connectivity index (χ2v) is 9.07. The molecule has 0 saturated carbocycles. The number of hydrogen-bond donors (Lipinski definition) is 1. The van der Waals surface area contributed by atoms with E-state index in [0.29, 0.717) is 11.3 Å². The van der Waals surface area contributed by atoms with Gasteiger partial charge < -0.3 is 20.0 Å². The normalized spacial score (nSPS) is 20.8. The number of benzene rings is 1. The Morgan fingerprint density at radius 2 is 1.77 bits per heavy atom. The van der Waals surface area contributed by atoms with Crippen LogP contribution in [0.15, 0.2) is 48.8 Å². The molecule has 1 spiro atoms. The van der Waals surface area contributed by atoms with Crippen LogP contribution in [0.1, 0.15) is 31.4 Å². The zero-order valence-corrected chi connectivity index (χ0v) is 19.4. The molecule has 3 heterocycles. The highest BCUT2D eigenvalue weighted by molar-refractivity contribution is 6.00. The molecular weight excluding hydrogens is 463 g/mol. The van der Waals surface area contributed by atoms with Crippen LogP contribution in [0.2, 0.25) is 0 Å². The van der Waals surface area contributed by atoms with Gasteiger partial charge in [0.2, 0.25) is 5.91 Å². The Morgan fingerprint density at radius 3 is 2.37 bits per heavy atom. The third kappa shape index (κ3) is 4.80. The topological polar surface area (TPSA) is 85.8 Å². The van der Waals surface area contributed by atoms with E-state index in [2.05, 4.69) is 10.3 Å². The maximum Gasteiger partial charge on any atom is 0.416 e. The van der Waals surface area contributed by atoms with Crippen LogP contribution >= 0.6 is 0 Å². The number of carbonyl (C=O) groups is 3. The lowest BCUT2D eigenvalue weighted by atomic mass is 9.89. The molecule has 2 saturated heterocycles. The van der Waals surface area contributed by atoms with Crippen molar-refractivity contribution in [3.8, 4) is 0 Å². The van der Waals surface area contributed by atoms with Gasteiger partial charge in [0.15, 0.2) is 0 Å². The molecule has 4 rings (SSSR count). The van der Waals surface area contributed by atoms with Crippen LogP contribution in [0, 0.1) is 0 Å². The summed E-state index contributed by atoms with van der Waals surface area (Å²) in [5.41, 5.74) is -1.07. The number of hydrogen-bond acceptors (Lipinski definition) is 4. The zero-order valence-electron chi connectivity index (χ0n) is 19.4. The largest absolute Gasteiger partial charge is 0.416 e. The Hall–Kier alpha value is -3.63. The molecule has 2 aliphatic heterocycles. The minimum atomic E-state index is -4.47. The molecule has 11 heteroatoms. The van der Waals surface area contributed by atoms with Gasteiger partial charge in [-0.3, -0.25) is 14.6 Å². The summed E-state index contributed by atoms with van der Waals surface area (Å²) in [5, 5.41) is 2.76. The smallest absolute Gasteiger partial charge is 0.329 e. The molecular formula is C24H26F3N5O3. The highest BCUT2D eigenvalue weighted by Gasteiger charge is 2.57. The minimum Gasteiger partial charge on any atom is -0.329 e. The van der Waals surface area contributed by atoms with Gasteiger partial charge in [-0.25, -0.2) is 4.79 Å². The number of halogens is 3. The van der Waals surface area contributed by atoms with Gasteiger partial charge >= 0.3 is 12.2 Å². The summed E-state index contributed by atoms with van der Waals surface area (Å²) in [6, 6.07) is 7.18. The van der Waals surface area contributed by atoms with Gasteiger partial charge in [0.05, 0.1) is 12.1 Å². The third-order valence-corrected chi connectivity index (χ3v) is 6.49. The van der Waals surface area contributed by atoms with E-state index < -0.39 is 23.3 Å². The Morgan fingerprint density at radius 1 is 1.11 bits per heavy atom. The summed E-state index contributed by atoms with van der Waals surface area (Å²) in [7, 11) is 0. The second-order valence-electron chi connectivity index (χ2n) is 9.07. The number of anilines is 1. The van der Waals surface area contributed by atoms with Crippen LogP contribution in [-0.4, -0.2) is 68.7 Å². The first-order valence-corrected chi connectivity index (χ1v) is 11.2. The van der Waals surface area contributed by atoms with Crippen LogP contribution < -0.4 is 5.32 Å². The van der Waals surface area contributed by atoms with Crippen LogP contribution in [0.5, 0.6) is 0 Å². The van der Waals surface area contributed by atoms with Crippen molar-refractivity contribution in [1.29, 1.82) is 0 Å².